The molecule has 1 aliphatic rings. The molecule has 4 heteroatoms. The molecule has 0 unspecified atom stereocenters. The predicted octanol–water partition coefficient (Wildman–Crippen LogP) is 4.12. The first-order valence-corrected chi connectivity index (χ1v) is 7.38. The van der Waals surface area contributed by atoms with E-state index in [1.54, 1.807) is 0 Å². The topological polar surface area (TPSA) is 45.8 Å². The van der Waals surface area contributed by atoms with Crippen LogP contribution in [0.25, 0.3) is 22.0 Å². The fourth-order valence-electron chi connectivity index (χ4n) is 2.69. The van der Waals surface area contributed by atoms with Crippen molar-refractivity contribution in [3.05, 3.63) is 63.7 Å². The van der Waals surface area contributed by atoms with Crippen LogP contribution >= 0.6 is 11.6 Å². The Morgan fingerprint density at radius 1 is 1.10 bits per heavy atom. The number of rotatable bonds is 2. The van der Waals surface area contributed by atoms with Gasteiger partial charge in [0.05, 0.1) is 11.2 Å². The van der Waals surface area contributed by atoms with Crippen LogP contribution in [0, 0.1) is 0 Å². The molecule has 0 atom stereocenters. The number of hydrogen-bond donors (Lipinski definition) is 1. The van der Waals surface area contributed by atoms with Gasteiger partial charge in [0.2, 0.25) is 0 Å². The number of nitrogens with zero attached hydrogens (tertiary/aromatic N) is 1. The van der Waals surface area contributed by atoms with Gasteiger partial charge in [-0.3, -0.25) is 0 Å². The average molecular weight is 297 g/mol. The maximum Gasteiger partial charge on any atom is 0.345 e. The molecule has 3 nitrogen and oxygen atoms in total. The van der Waals surface area contributed by atoms with Crippen molar-refractivity contribution in [2.45, 2.75) is 18.8 Å². The van der Waals surface area contributed by atoms with Gasteiger partial charge in [-0.2, -0.15) is 4.98 Å². The summed E-state index contributed by atoms with van der Waals surface area (Å²) >= 11 is 6.07. The number of benzene rings is 2. The van der Waals surface area contributed by atoms with Crippen LogP contribution in [-0.2, 0) is 0 Å². The van der Waals surface area contributed by atoms with Crippen molar-refractivity contribution in [2.75, 3.05) is 0 Å². The van der Waals surface area contributed by atoms with Gasteiger partial charge in [-0.25, -0.2) is 4.79 Å². The Kier molecular flexibility index (Phi) is 2.82. The van der Waals surface area contributed by atoms with Gasteiger partial charge in [0.1, 0.15) is 0 Å². The molecule has 0 bridgehead atoms. The molecule has 4 rings (SSSR count). The minimum absolute atomic E-state index is 0.264. The van der Waals surface area contributed by atoms with E-state index in [9.17, 15) is 4.79 Å². The highest BCUT2D eigenvalue weighted by atomic mass is 35.5. The first-order chi connectivity index (χ1) is 10.2. The quantitative estimate of drug-likeness (QED) is 0.773. The molecule has 3 aromatic rings. The second-order valence-electron chi connectivity index (χ2n) is 5.47. The molecule has 1 N–H and O–H groups in total. The van der Waals surface area contributed by atoms with Crippen molar-refractivity contribution in [1.82, 2.24) is 9.97 Å². The van der Waals surface area contributed by atoms with E-state index in [-0.39, 0.29) is 5.69 Å². The highest BCUT2D eigenvalue weighted by Crippen LogP contribution is 2.41. The van der Waals surface area contributed by atoms with Gasteiger partial charge in [0.15, 0.2) is 0 Å². The smallest absolute Gasteiger partial charge is 0.305 e. The lowest BCUT2D eigenvalue weighted by molar-refractivity contribution is 0.980. The van der Waals surface area contributed by atoms with E-state index in [4.69, 9.17) is 11.6 Å². The third kappa shape index (κ3) is 2.34. The molecule has 104 valence electrons. The molecule has 0 spiro atoms. The van der Waals surface area contributed by atoms with E-state index >= 15 is 0 Å². The standard InChI is InChI=1S/C17H13ClN2O/c18-13-3-1-2-11(8-13)12-6-7-15-14(9-12)16(10-4-5-10)20-17(21)19-15/h1-3,6-10H,4-5H2,(H,19,20,21). The number of hydrogen-bond acceptors (Lipinski definition) is 2. The molecule has 0 radical (unpaired) electrons. The molecular formula is C17H13ClN2O. The minimum atomic E-state index is -0.264. The van der Waals surface area contributed by atoms with Crippen molar-refractivity contribution in [3.8, 4) is 11.1 Å². The number of halogens is 1. The maximum atomic E-state index is 11.7. The number of aromatic nitrogens is 2. The summed E-state index contributed by atoms with van der Waals surface area (Å²) < 4.78 is 0. The normalized spacial score (nSPS) is 14.5. The molecule has 1 heterocycles. The lowest BCUT2D eigenvalue weighted by atomic mass is 10.0. The molecule has 1 saturated carbocycles. The monoisotopic (exact) mass is 296 g/mol. The zero-order valence-corrected chi connectivity index (χ0v) is 12.0. The zero-order chi connectivity index (χ0) is 14.4. The number of H-pyrrole nitrogens is 1. The Bertz CT molecular complexity index is 897. The molecule has 2 aromatic carbocycles. The first-order valence-electron chi connectivity index (χ1n) is 7.00. The summed E-state index contributed by atoms with van der Waals surface area (Å²) in [7, 11) is 0. The fraction of sp³-hybridized carbons (Fsp3) is 0.176. The Balaban J connectivity index is 1.95. The number of aromatic amines is 1. The van der Waals surface area contributed by atoms with Crippen molar-refractivity contribution in [1.29, 1.82) is 0 Å². The fourth-order valence-corrected chi connectivity index (χ4v) is 2.88. The molecule has 21 heavy (non-hydrogen) atoms. The van der Waals surface area contributed by atoms with E-state index in [2.05, 4.69) is 16.0 Å². The summed E-state index contributed by atoms with van der Waals surface area (Å²) in [4.78, 5) is 18.6. The lowest BCUT2D eigenvalue weighted by Gasteiger charge is -2.07. The Morgan fingerprint density at radius 2 is 1.90 bits per heavy atom. The highest BCUT2D eigenvalue weighted by Gasteiger charge is 2.27. The summed E-state index contributed by atoms with van der Waals surface area (Å²) in [5, 5.41) is 1.75. The van der Waals surface area contributed by atoms with Gasteiger partial charge in [-0.15, -0.1) is 0 Å². The number of fused-ring (bicyclic) bond motifs is 1. The second-order valence-corrected chi connectivity index (χ2v) is 5.91. The Hall–Kier alpha value is -2.13. The van der Waals surface area contributed by atoms with E-state index in [0.29, 0.717) is 5.92 Å². The van der Waals surface area contributed by atoms with Crippen molar-refractivity contribution in [3.63, 3.8) is 0 Å². The predicted molar refractivity (Wildman–Crippen MR) is 84.8 cm³/mol. The van der Waals surface area contributed by atoms with Gasteiger partial charge >= 0.3 is 5.69 Å². The van der Waals surface area contributed by atoms with Crippen molar-refractivity contribution < 1.29 is 0 Å². The molecule has 0 aliphatic heterocycles. The van der Waals surface area contributed by atoms with Crippen LogP contribution in [0.1, 0.15) is 24.5 Å². The Labute approximate surface area is 126 Å². The Morgan fingerprint density at radius 3 is 2.67 bits per heavy atom. The van der Waals surface area contributed by atoms with Gasteiger partial charge in [-0.05, 0) is 48.2 Å². The van der Waals surface area contributed by atoms with E-state index in [0.717, 1.165) is 45.6 Å². The molecule has 0 amide bonds. The van der Waals surface area contributed by atoms with Crippen molar-refractivity contribution in [2.24, 2.45) is 0 Å². The lowest BCUT2D eigenvalue weighted by Crippen LogP contribution is -2.12. The van der Waals surface area contributed by atoms with Gasteiger partial charge in [0.25, 0.3) is 0 Å². The summed E-state index contributed by atoms with van der Waals surface area (Å²) in [5.74, 6) is 0.435. The zero-order valence-electron chi connectivity index (χ0n) is 11.3. The molecule has 1 aliphatic carbocycles. The first kappa shape index (κ1) is 12.6. The summed E-state index contributed by atoms with van der Waals surface area (Å²) in [6.45, 7) is 0. The average Bonchev–Trinajstić information content (AvgIpc) is 3.30. The third-order valence-corrected chi connectivity index (χ3v) is 4.12. The molecule has 1 fully saturated rings. The van der Waals surface area contributed by atoms with E-state index < -0.39 is 0 Å². The second kappa shape index (κ2) is 4.71. The van der Waals surface area contributed by atoms with Crippen LogP contribution in [0.3, 0.4) is 0 Å². The summed E-state index contributed by atoms with van der Waals surface area (Å²) in [6.07, 6.45) is 2.24. The highest BCUT2D eigenvalue weighted by molar-refractivity contribution is 6.30. The van der Waals surface area contributed by atoms with Crippen LogP contribution < -0.4 is 5.69 Å². The van der Waals surface area contributed by atoms with E-state index in [1.807, 2.05) is 36.4 Å². The number of nitrogens with one attached hydrogen (secondary N) is 1. The van der Waals surface area contributed by atoms with Gasteiger partial charge in [-0.1, -0.05) is 29.8 Å². The van der Waals surface area contributed by atoms with Crippen LogP contribution in [-0.4, -0.2) is 9.97 Å². The SMILES string of the molecule is O=c1nc(C2CC2)c2cc(-c3cccc(Cl)c3)ccc2[nH]1. The third-order valence-electron chi connectivity index (χ3n) is 3.88. The minimum Gasteiger partial charge on any atom is -0.305 e. The summed E-state index contributed by atoms with van der Waals surface area (Å²) in [5.41, 5.74) is 3.67. The van der Waals surface area contributed by atoms with E-state index in [1.165, 1.54) is 0 Å². The van der Waals surface area contributed by atoms with Gasteiger partial charge in [0, 0.05) is 16.3 Å². The van der Waals surface area contributed by atoms with Crippen LogP contribution in [0.4, 0.5) is 0 Å². The van der Waals surface area contributed by atoms with Gasteiger partial charge < -0.3 is 4.98 Å². The van der Waals surface area contributed by atoms with Crippen LogP contribution in [0.5, 0.6) is 0 Å². The maximum absolute atomic E-state index is 11.7. The van der Waals surface area contributed by atoms with Crippen molar-refractivity contribution >= 4 is 22.5 Å². The summed E-state index contributed by atoms with van der Waals surface area (Å²) in [6, 6.07) is 13.8. The van der Waals surface area contributed by atoms with Crippen LogP contribution in [0.2, 0.25) is 5.02 Å². The molecule has 1 aromatic heterocycles. The van der Waals surface area contributed by atoms with Crippen LogP contribution in [0.15, 0.2) is 47.3 Å². The largest absolute Gasteiger partial charge is 0.345 e. The molecular weight excluding hydrogens is 284 g/mol. The molecule has 0 saturated heterocycles.